The number of hydrogen-bond acceptors (Lipinski definition) is 3. The SMILES string of the molecule is Clc1ccccc1-c1nc(NCCCc2ccccc2)c2ccccc2n1. The molecule has 0 spiro atoms. The quantitative estimate of drug-likeness (QED) is 0.421. The zero-order valence-electron chi connectivity index (χ0n) is 14.9. The van der Waals surface area contributed by atoms with E-state index in [-0.39, 0.29) is 0 Å². The molecule has 4 rings (SSSR count). The van der Waals surface area contributed by atoms with Crippen LogP contribution in [0.4, 0.5) is 5.82 Å². The van der Waals surface area contributed by atoms with Crippen molar-refractivity contribution in [3.8, 4) is 11.4 Å². The second kappa shape index (κ2) is 8.19. The fourth-order valence-electron chi connectivity index (χ4n) is 3.12. The number of benzene rings is 3. The zero-order chi connectivity index (χ0) is 18.5. The summed E-state index contributed by atoms with van der Waals surface area (Å²) in [5.41, 5.74) is 3.11. The molecule has 1 aromatic heterocycles. The minimum atomic E-state index is 0.643. The lowest BCUT2D eigenvalue weighted by atomic mass is 10.1. The number of aromatic nitrogens is 2. The number of para-hydroxylation sites is 1. The molecule has 0 radical (unpaired) electrons. The van der Waals surface area contributed by atoms with Gasteiger partial charge in [0.1, 0.15) is 5.82 Å². The maximum Gasteiger partial charge on any atom is 0.163 e. The van der Waals surface area contributed by atoms with Crippen LogP contribution in [0.2, 0.25) is 5.02 Å². The van der Waals surface area contributed by atoms with E-state index in [0.717, 1.165) is 41.7 Å². The van der Waals surface area contributed by atoms with Gasteiger partial charge in [-0.3, -0.25) is 0 Å². The van der Waals surface area contributed by atoms with Gasteiger partial charge >= 0.3 is 0 Å². The number of rotatable bonds is 6. The van der Waals surface area contributed by atoms with Gasteiger partial charge in [0.15, 0.2) is 5.82 Å². The Hall–Kier alpha value is -2.91. The Kier molecular flexibility index (Phi) is 5.31. The van der Waals surface area contributed by atoms with E-state index in [2.05, 4.69) is 29.6 Å². The van der Waals surface area contributed by atoms with Gasteiger partial charge in [-0.2, -0.15) is 0 Å². The van der Waals surface area contributed by atoms with Crippen LogP contribution in [-0.2, 0) is 6.42 Å². The molecule has 27 heavy (non-hydrogen) atoms. The average Bonchev–Trinajstić information content (AvgIpc) is 2.72. The van der Waals surface area contributed by atoms with Crippen molar-refractivity contribution in [1.82, 2.24) is 9.97 Å². The highest BCUT2D eigenvalue weighted by Gasteiger charge is 2.11. The molecule has 0 aliphatic carbocycles. The molecule has 3 nitrogen and oxygen atoms in total. The molecular formula is C23H20ClN3. The molecule has 0 aliphatic heterocycles. The highest BCUT2D eigenvalue weighted by molar-refractivity contribution is 6.33. The van der Waals surface area contributed by atoms with Gasteiger partial charge in [0, 0.05) is 17.5 Å². The number of fused-ring (bicyclic) bond motifs is 1. The van der Waals surface area contributed by atoms with Gasteiger partial charge in [-0.15, -0.1) is 0 Å². The molecular weight excluding hydrogens is 354 g/mol. The van der Waals surface area contributed by atoms with Crippen LogP contribution in [0.5, 0.6) is 0 Å². The van der Waals surface area contributed by atoms with Crippen LogP contribution < -0.4 is 5.32 Å². The molecule has 0 saturated heterocycles. The van der Waals surface area contributed by atoms with E-state index in [4.69, 9.17) is 21.6 Å². The monoisotopic (exact) mass is 373 g/mol. The topological polar surface area (TPSA) is 37.8 Å². The van der Waals surface area contributed by atoms with Crippen LogP contribution >= 0.6 is 11.6 Å². The Labute approximate surface area is 164 Å². The first-order valence-electron chi connectivity index (χ1n) is 9.11. The first-order chi connectivity index (χ1) is 13.3. The molecule has 1 heterocycles. The summed E-state index contributed by atoms with van der Waals surface area (Å²) in [6.45, 7) is 0.845. The van der Waals surface area contributed by atoms with E-state index < -0.39 is 0 Å². The smallest absolute Gasteiger partial charge is 0.163 e. The Morgan fingerprint density at radius 3 is 2.37 bits per heavy atom. The predicted octanol–water partition coefficient (Wildman–Crippen LogP) is 5.99. The lowest BCUT2D eigenvalue weighted by molar-refractivity contribution is 0.860. The Balaban J connectivity index is 1.58. The Morgan fingerprint density at radius 1 is 0.778 bits per heavy atom. The van der Waals surface area contributed by atoms with Crippen LogP contribution in [-0.4, -0.2) is 16.5 Å². The average molecular weight is 374 g/mol. The molecule has 0 fully saturated rings. The van der Waals surface area contributed by atoms with Gasteiger partial charge in [-0.1, -0.05) is 66.2 Å². The molecule has 4 aromatic rings. The molecule has 3 aromatic carbocycles. The fraction of sp³-hybridized carbons (Fsp3) is 0.130. The number of anilines is 1. The lowest BCUT2D eigenvalue weighted by Gasteiger charge is -2.11. The molecule has 4 heteroatoms. The first-order valence-corrected chi connectivity index (χ1v) is 9.48. The molecule has 0 atom stereocenters. The summed E-state index contributed by atoms with van der Waals surface area (Å²) >= 11 is 6.36. The number of halogens is 1. The molecule has 0 saturated carbocycles. The normalized spacial score (nSPS) is 10.9. The summed E-state index contributed by atoms with van der Waals surface area (Å²) in [6, 6.07) is 26.3. The van der Waals surface area contributed by atoms with Gasteiger partial charge in [-0.25, -0.2) is 9.97 Å². The Bertz CT molecular complexity index is 1050. The van der Waals surface area contributed by atoms with Crippen LogP contribution in [0.3, 0.4) is 0 Å². The van der Waals surface area contributed by atoms with E-state index in [0.29, 0.717) is 10.8 Å². The second-order valence-electron chi connectivity index (χ2n) is 6.41. The predicted molar refractivity (Wildman–Crippen MR) is 113 cm³/mol. The van der Waals surface area contributed by atoms with E-state index in [1.165, 1.54) is 5.56 Å². The minimum absolute atomic E-state index is 0.643. The van der Waals surface area contributed by atoms with Crippen molar-refractivity contribution in [3.63, 3.8) is 0 Å². The molecule has 134 valence electrons. The third kappa shape index (κ3) is 4.09. The summed E-state index contributed by atoms with van der Waals surface area (Å²) < 4.78 is 0. The molecule has 0 aliphatic rings. The van der Waals surface area contributed by atoms with E-state index in [9.17, 15) is 0 Å². The second-order valence-corrected chi connectivity index (χ2v) is 6.82. The highest BCUT2D eigenvalue weighted by Crippen LogP contribution is 2.29. The number of nitrogens with zero attached hydrogens (tertiary/aromatic N) is 2. The summed E-state index contributed by atoms with van der Waals surface area (Å²) in [4.78, 5) is 9.48. The lowest BCUT2D eigenvalue weighted by Crippen LogP contribution is -2.07. The minimum Gasteiger partial charge on any atom is -0.369 e. The van der Waals surface area contributed by atoms with Gasteiger partial charge in [0.25, 0.3) is 0 Å². The van der Waals surface area contributed by atoms with Crippen molar-refractivity contribution < 1.29 is 0 Å². The van der Waals surface area contributed by atoms with Crippen LogP contribution in [0.1, 0.15) is 12.0 Å². The summed E-state index contributed by atoms with van der Waals surface area (Å²) in [5.74, 6) is 1.49. The summed E-state index contributed by atoms with van der Waals surface area (Å²) in [6.07, 6.45) is 2.07. The largest absolute Gasteiger partial charge is 0.369 e. The number of nitrogens with one attached hydrogen (secondary N) is 1. The van der Waals surface area contributed by atoms with Crippen LogP contribution in [0.25, 0.3) is 22.3 Å². The molecule has 0 amide bonds. The maximum atomic E-state index is 6.36. The molecule has 1 N–H and O–H groups in total. The fourth-order valence-corrected chi connectivity index (χ4v) is 3.34. The summed E-state index contributed by atoms with van der Waals surface area (Å²) in [7, 11) is 0. The first kappa shape index (κ1) is 17.5. The van der Waals surface area contributed by atoms with E-state index >= 15 is 0 Å². The van der Waals surface area contributed by atoms with Gasteiger partial charge in [0.2, 0.25) is 0 Å². The van der Waals surface area contributed by atoms with Crippen molar-refractivity contribution in [3.05, 3.63) is 89.4 Å². The number of aryl methyl sites for hydroxylation is 1. The van der Waals surface area contributed by atoms with Crippen molar-refractivity contribution in [2.45, 2.75) is 12.8 Å². The van der Waals surface area contributed by atoms with Crippen molar-refractivity contribution in [1.29, 1.82) is 0 Å². The van der Waals surface area contributed by atoms with Crippen molar-refractivity contribution in [2.24, 2.45) is 0 Å². The van der Waals surface area contributed by atoms with Gasteiger partial charge < -0.3 is 5.32 Å². The van der Waals surface area contributed by atoms with E-state index in [1.54, 1.807) is 0 Å². The van der Waals surface area contributed by atoms with E-state index in [1.807, 2.05) is 54.6 Å². The molecule has 0 unspecified atom stereocenters. The van der Waals surface area contributed by atoms with Gasteiger partial charge in [-0.05, 0) is 42.7 Å². The standard InChI is InChI=1S/C23H20ClN3/c24-20-14-6-4-12-18(20)23-26-21-15-7-5-13-19(21)22(27-23)25-16-8-11-17-9-2-1-3-10-17/h1-7,9-10,12-15H,8,11,16H2,(H,25,26,27). The highest BCUT2D eigenvalue weighted by atomic mass is 35.5. The Morgan fingerprint density at radius 2 is 1.52 bits per heavy atom. The van der Waals surface area contributed by atoms with Crippen LogP contribution in [0, 0.1) is 0 Å². The third-order valence-corrected chi connectivity index (χ3v) is 4.83. The van der Waals surface area contributed by atoms with Crippen molar-refractivity contribution >= 4 is 28.3 Å². The maximum absolute atomic E-state index is 6.36. The molecule has 0 bridgehead atoms. The number of hydrogen-bond donors (Lipinski definition) is 1. The van der Waals surface area contributed by atoms with Crippen molar-refractivity contribution in [2.75, 3.05) is 11.9 Å². The van der Waals surface area contributed by atoms with Gasteiger partial charge in [0.05, 0.1) is 10.5 Å². The third-order valence-electron chi connectivity index (χ3n) is 4.50. The zero-order valence-corrected chi connectivity index (χ0v) is 15.7. The summed E-state index contributed by atoms with van der Waals surface area (Å²) in [5, 5.41) is 5.17. The van der Waals surface area contributed by atoms with Crippen LogP contribution in [0.15, 0.2) is 78.9 Å².